The Morgan fingerprint density at radius 1 is 1.15 bits per heavy atom. The Bertz CT molecular complexity index is 1610. The molecule has 6 rings (SSSR count). The lowest BCUT2D eigenvalue weighted by atomic mass is 9.88. The molecule has 7 nitrogen and oxygen atoms in total. The molecule has 0 fully saturated rings. The summed E-state index contributed by atoms with van der Waals surface area (Å²) in [7, 11) is 1.93. The van der Waals surface area contributed by atoms with E-state index < -0.39 is 5.97 Å². The van der Waals surface area contributed by atoms with E-state index in [9.17, 15) is 9.90 Å². The summed E-state index contributed by atoms with van der Waals surface area (Å²) in [5.41, 5.74) is 6.97. The van der Waals surface area contributed by atoms with Gasteiger partial charge in [-0.1, -0.05) is 0 Å². The topological polar surface area (TPSA) is 90.1 Å². The van der Waals surface area contributed by atoms with Crippen molar-refractivity contribution in [1.29, 1.82) is 0 Å². The number of aromatic nitrogens is 4. The number of nitrogens with zero attached hydrogens (tertiary/aromatic N) is 4. The van der Waals surface area contributed by atoms with Gasteiger partial charge in [-0.05, 0) is 65.6 Å². The Hall–Kier alpha value is -4.26. The van der Waals surface area contributed by atoms with Crippen LogP contribution in [0.2, 0.25) is 0 Å². The van der Waals surface area contributed by atoms with Crippen LogP contribution in [0.15, 0.2) is 55.0 Å². The third-order valence-electron chi connectivity index (χ3n) is 6.54. The van der Waals surface area contributed by atoms with Crippen LogP contribution in [0.25, 0.3) is 44.5 Å². The molecule has 0 amide bonds. The average Bonchev–Trinajstić information content (AvgIpc) is 3.26. The zero-order valence-corrected chi connectivity index (χ0v) is 18.9. The second-order valence-corrected chi connectivity index (χ2v) is 8.65. The summed E-state index contributed by atoms with van der Waals surface area (Å²) in [6.07, 6.45) is 6.19. The van der Waals surface area contributed by atoms with E-state index in [0.717, 1.165) is 67.7 Å². The van der Waals surface area contributed by atoms with Crippen LogP contribution in [0.4, 0.5) is 0 Å². The maximum absolute atomic E-state index is 11.9. The van der Waals surface area contributed by atoms with Crippen LogP contribution in [-0.4, -0.2) is 37.2 Å². The van der Waals surface area contributed by atoms with Gasteiger partial charge in [-0.3, -0.25) is 9.78 Å². The summed E-state index contributed by atoms with van der Waals surface area (Å²) < 4.78 is 7.83. The monoisotopic (exact) mass is 450 g/mol. The van der Waals surface area contributed by atoms with Crippen molar-refractivity contribution in [2.45, 2.75) is 19.8 Å². The first-order valence-corrected chi connectivity index (χ1v) is 11.2. The first kappa shape index (κ1) is 20.4. The van der Waals surface area contributed by atoms with Gasteiger partial charge < -0.3 is 14.4 Å². The molecule has 2 aromatic carbocycles. The number of hydrogen-bond donors (Lipinski definition) is 1. The van der Waals surface area contributed by atoms with Crippen molar-refractivity contribution in [2.75, 3.05) is 6.61 Å². The number of benzene rings is 2. The number of carboxylic acids is 1. The van der Waals surface area contributed by atoms with Gasteiger partial charge in [0.05, 0.1) is 24.1 Å². The minimum atomic E-state index is -0.875. The highest BCUT2D eigenvalue weighted by molar-refractivity contribution is 6.08. The summed E-state index contributed by atoms with van der Waals surface area (Å²) in [6, 6.07) is 11.9. The van der Waals surface area contributed by atoms with Gasteiger partial charge >= 0.3 is 5.97 Å². The summed E-state index contributed by atoms with van der Waals surface area (Å²) in [5.74, 6) is 0.719. The number of carbonyl (C=O) groups is 1. The first-order chi connectivity index (χ1) is 16.5. The van der Waals surface area contributed by atoms with E-state index in [0.29, 0.717) is 6.61 Å². The van der Waals surface area contributed by atoms with Gasteiger partial charge in [-0.2, -0.15) is 0 Å². The maximum atomic E-state index is 11.9. The molecule has 0 saturated carbocycles. The van der Waals surface area contributed by atoms with Crippen LogP contribution in [0.1, 0.15) is 16.7 Å². The van der Waals surface area contributed by atoms with E-state index in [4.69, 9.17) is 14.7 Å². The molecule has 168 valence electrons. The van der Waals surface area contributed by atoms with Crippen molar-refractivity contribution >= 4 is 27.8 Å². The number of pyridine rings is 2. The normalized spacial score (nSPS) is 12.8. The largest absolute Gasteiger partial charge is 0.493 e. The van der Waals surface area contributed by atoms with Gasteiger partial charge in [-0.15, -0.1) is 0 Å². The molecule has 1 N–H and O–H groups in total. The van der Waals surface area contributed by atoms with Crippen molar-refractivity contribution < 1.29 is 14.6 Å². The molecule has 0 unspecified atom stereocenters. The Morgan fingerprint density at radius 3 is 2.82 bits per heavy atom. The zero-order valence-electron chi connectivity index (χ0n) is 18.9. The highest BCUT2D eigenvalue weighted by atomic mass is 16.5. The maximum Gasteiger partial charge on any atom is 0.307 e. The fourth-order valence-electron chi connectivity index (χ4n) is 4.98. The molecule has 1 aliphatic rings. The molecule has 0 atom stereocenters. The number of carboxylic acid groups (broad SMARTS) is 1. The Balaban J connectivity index is 1.69. The summed E-state index contributed by atoms with van der Waals surface area (Å²) >= 11 is 0. The van der Waals surface area contributed by atoms with E-state index >= 15 is 0 Å². The summed E-state index contributed by atoms with van der Waals surface area (Å²) in [5, 5.41) is 11.6. The molecule has 4 heterocycles. The number of hydrogen-bond acceptors (Lipinski definition) is 5. The Kier molecular flexibility index (Phi) is 4.58. The van der Waals surface area contributed by atoms with Gasteiger partial charge in [-0.25, -0.2) is 9.97 Å². The Labute approximate surface area is 195 Å². The fraction of sp³-hybridized carbons (Fsp3) is 0.185. The molecule has 34 heavy (non-hydrogen) atoms. The highest BCUT2D eigenvalue weighted by Gasteiger charge is 2.22. The van der Waals surface area contributed by atoms with E-state index in [-0.39, 0.29) is 6.42 Å². The number of imidazole rings is 1. The van der Waals surface area contributed by atoms with E-state index in [1.165, 1.54) is 5.56 Å². The highest BCUT2D eigenvalue weighted by Crippen LogP contribution is 2.42. The summed E-state index contributed by atoms with van der Waals surface area (Å²) in [6.45, 7) is 2.58. The van der Waals surface area contributed by atoms with Crippen LogP contribution in [-0.2, 0) is 24.7 Å². The lowest BCUT2D eigenvalue weighted by Crippen LogP contribution is -2.10. The molecule has 0 aliphatic carbocycles. The van der Waals surface area contributed by atoms with Gasteiger partial charge in [0.25, 0.3) is 0 Å². The molecule has 0 spiro atoms. The SMILES string of the molecule is Cc1cc2nc(-c3nccn3C)ccc2c(-c2ccc3c4c(ccnc24)CCO3)c1CC(=O)O. The second kappa shape index (κ2) is 7.66. The molecular weight excluding hydrogens is 428 g/mol. The number of aliphatic carboxylic acids is 1. The first-order valence-electron chi connectivity index (χ1n) is 11.2. The van der Waals surface area contributed by atoms with Crippen molar-refractivity contribution in [3.8, 4) is 28.4 Å². The van der Waals surface area contributed by atoms with Crippen LogP contribution in [0, 0.1) is 6.92 Å². The van der Waals surface area contributed by atoms with Crippen LogP contribution < -0.4 is 4.74 Å². The lowest BCUT2D eigenvalue weighted by molar-refractivity contribution is -0.136. The van der Waals surface area contributed by atoms with Gasteiger partial charge in [0.2, 0.25) is 0 Å². The van der Waals surface area contributed by atoms with Crippen LogP contribution in [0.3, 0.4) is 0 Å². The molecule has 5 aromatic rings. The van der Waals surface area contributed by atoms with Crippen LogP contribution in [0.5, 0.6) is 5.75 Å². The van der Waals surface area contributed by atoms with Crippen molar-refractivity contribution in [3.05, 3.63) is 71.7 Å². The molecule has 0 saturated heterocycles. The van der Waals surface area contributed by atoms with Gasteiger partial charge in [0.15, 0.2) is 5.82 Å². The average molecular weight is 450 g/mol. The minimum absolute atomic E-state index is 0.0857. The van der Waals surface area contributed by atoms with Crippen LogP contribution >= 0.6 is 0 Å². The zero-order chi connectivity index (χ0) is 23.4. The van der Waals surface area contributed by atoms with E-state index in [1.54, 1.807) is 6.20 Å². The van der Waals surface area contributed by atoms with Crippen molar-refractivity contribution in [2.24, 2.45) is 7.05 Å². The van der Waals surface area contributed by atoms with Crippen molar-refractivity contribution in [1.82, 2.24) is 19.5 Å². The summed E-state index contributed by atoms with van der Waals surface area (Å²) in [4.78, 5) is 25.9. The standard InChI is InChI=1S/C27H22N4O3/c1-15-13-21-17(3-5-20(30-21)27-29-10-11-31(27)2)25(19(15)14-23(32)33)18-4-6-22-24-16(8-12-34-22)7-9-28-26(18)24/h3-7,9-11,13H,8,12,14H2,1-2H3,(H,32,33). The quantitative estimate of drug-likeness (QED) is 0.426. The van der Waals surface area contributed by atoms with E-state index in [2.05, 4.69) is 4.98 Å². The predicted octanol–water partition coefficient (Wildman–Crippen LogP) is 4.72. The molecule has 0 radical (unpaired) electrons. The Morgan fingerprint density at radius 2 is 2.03 bits per heavy atom. The van der Waals surface area contributed by atoms with Gasteiger partial charge in [0.1, 0.15) is 11.4 Å². The number of fused-ring (bicyclic) bond motifs is 1. The molecular formula is C27H22N4O3. The third-order valence-corrected chi connectivity index (χ3v) is 6.54. The lowest BCUT2D eigenvalue weighted by Gasteiger charge is -2.21. The van der Waals surface area contributed by atoms with Crippen molar-refractivity contribution in [3.63, 3.8) is 0 Å². The third kappa shape index (κ3) is 3.12. The number of rotatable bonds is 4. The molecule has 3 aromatic heterocycles. The van der Waals surface area contributed by atoms with E-state index in [1.807, 2.05) is 67.3 Å². The molecule has 0 bridgehead atoms. The molecule has 1 aliphatic heterocycles. The number of ether oxygens (including phenoxy) is 1. The van der Waals surface area contributed by atoms with Gasteiger partial charge in [0, 0.05) is 48.4 Å². The fourth-order valence-corrected chi connectivity index (χ4v) is 4.98. The molecule has 7 heteroatoms. The predicted molar refractivity (Wildman–Crippen MR) is 130 cm³/mol. The smallest absolute Gasteiger partial charge is 0.307 e. The minimum Gasteiger partial charge on any atom is -0.493 e. The number of aryl methyl sites for hydroxylation is 2. The second-order valence-electron chi connectivity index (χ2n) is 8.65.